The van der Waals surface area contributed by atoms with Gasteiger partial charge in [0.2, 0.25) is 0 Å². The van der Waals surface area contributed by atoms with Gasteiger partial charge in [-0.3, -0.25) is 0 Å². The second-order valence-electron chi connectivity index (χ2n) is 26.7. The Labute approximate surface area is 493 Å². The predicted octanol–water partition coefficient (Wildman–Crippen LogP) is 12.3. The minimum absolute atomic E-state index is 0.0388. The molecule has 0 aromatic heterocycles. The standard InChI is InChI=1S/C72H91N5O6/c1-6-46(32-47-13-8-7-9-14-47)37-62-72-28-22-57-58-19-20-59-61(82-69(80)65(59)66(58)72)23-27-71(54-25-31-76-63(38-54)75-29-11-12-44(2)3)26-21-52(40-71)68(77-41-45(4)78)53-34-48(33-50(36-53)42-73-5)24-30-74-43-49-15-10-16-51(35-49)56-18-17-55(79)39-60(56)64(57)67(72)70(81)83-62/h7-10,13-18,23,33-37,39,44-46,52,54,57-58,63,66,68,73-79H,6,11-12,19-22,24-32,38,40-43H2,1-5H3. The van der Waals surface area contributed by atoms with E-state index < -0.39 is 11.5 Å². The highest BCUT2D eigenvalue weighted by molar-refractivity contribution is 6.07. The number of aromatic hydroxyl groups is 1. The lowest BCUT2D eigenvalue weighted by atomic mass is 9.44. The summed E-state index contributed by atoms with van der Waals surface area (Å²) >= 11 is 0. The van der Waals surface area contributed by atoms with Gasteiger partial charge in [0.15, 0.2) is 0 Å². The molecular formula is C72H91N5O6. The fourth-order valence-electron chi connectivity index (χ4n) is 17.2. The number of cyclic esters (lactones) is 1. The molecule has 0 radical (unpaired) electrons. The summed E-state index contributed by atoms with van der Waals surface area (Å²) in [5.41, 5.74) is 11.5. The third-order valence-electron chi connectivity index (χ3n) is 21.0. The zero-order valence-electron chi connectivity index (χ0n) is 50.0. The Morgan fingerprint density at radius 2 is 1.70 bits per heavy atom. The number of benzene rings is 4. The monoisotopic (exact) mass is 1120 g/mol. The van der Waals surface area contributed by atoms with Crippen molar-refractivity contribution in [2.24, 2.45) is 52.3 Å². The number of hydrogen-bond donors (Lipinski definition) is 7. The number of phenols is 1. The van der Waals surface area contributed by atoms with Gasteiger partial charge in [-0.05, 0) is 251 Å². The van der Waals surface area contributed by atoms with Gasteiger partial charge in [-0.2, -0.15) is 0 Å². The highest BCUT2D eigenvalue weighted by atomic mass is 16.6. The van der Waals surface area contributed by atoms with Crippen LogP contribution in [-0.4, -0.2) is 67.6 Å². The maximum absolute atomic E-state index is 15.3. The van der Waals surface area contributed by atoms with E-state index in [1.165, 1.54) is 28.7 Å². The van der Waals surface area contributed by atoms with Gasteiger partial charge in [0.1, 0.15) is 17.3 Å². The maximum Gasteiger partial charge on any atom is 0.340 e. The van der Waals surface area contributed by atoms with E-state index in [0.29, 0.717) is 55.0 Å². The van der Waals surface area contributed by atoms with Crippen LogP contribution in [0.1, 0.15) is 151 Å². The van der Waals surface area contributed by atoms with Crippen molar-refractivity contribution in [1.82, 2.24) is 26.6 Å². The number of allylic oxidation sites excluding steroid dienone is 5. The van der Waals surface area contributed by atoms with Crippen LogP contribution in [0.25, 0.3) is 16.7 Å². The van der Waals surface area contributed by atoms with Crippen molar-refractivity contribution in [2.75, 3.05) is 33.2 Å². The van der Waals surface area contributed by atoms with Crippen molar-refractivity contribution in [2.45, 2.75) is 155 Å². The Morgan fingerprint density at radius 1 is 0.831 bits per heavy atom. The van der Waals surface area contributed by atoms with Crippen molar-refractivity contribution in [3.63, 3.8) is 0 Å². The average molecular weight is 1120 g/mol. The Morgan fingerprint density at radius 3 is 2.52 bits per heavy atom. The summed E-state index contributed by atoms with van der Waals surface area (Å²) < 4.78 is 13.5. The van der Waals surface area contributed by atoms with E-state index in [1.807, 2.05) is 26.1 Å². The number of phenolic OH excluding ortho intramolecular Hbond substituents is 1. The van der Waals surface area contributed by atoms with Gasteiger partial charge < -0.3 is 46.3 Å². The fraction of sp³-hybridized carbons (Fsp3) is 0.528. The van der Waals surface area contributed by atoms with Crippen molar-refractivity contribution >= 4 is 17.5 Å². The van der Waals surface area contributed by atoms with Crippen LogP contribution in [0.15, 0.2) is 131 Å². The molecule has 0 amide bonds. The summed E-state index contributed by atoms with van der Waals surface area (Å²) in [6, 6.07) is 32.2. The molecule has 14 rings (SSSR count). The summed E-state index contributed by atoms with van der Waals surface area (Å²) in [7, 11) is 2.02. The van der Waals surface area contributed by atoms with Crippen LogP contribution in [0, 0.1) is 52.3 Å². The zero-order chi connectivity index (χ0) is 57.4. The van der Waals surface area contributed by atoms with Gasteiger partial charge in [-0.15, -0.1) is 0 Å². The van der Waals surface area contributed by atoms with Crippen LogP contribution < -0.4 is 26.6 Å². The van der Waals surface area contributed by atoms with Gasteiger partial charge in [0.05, 0.1) is 23.3 Å². The number of carbonyl (C=O) groups is 2. The highest BCUT2D eigenvalue weighted by Crippen LogP contribution is 2.72. The van der Waals surface area contributed by atoms with Crippen molar-refractivity contribution in [3.8, 4) is 16.9 Å². The predicted molar refractivity (Wildman–Crippen MR) is 329 cm³/mol. The van der Waals surface area contributed by atoms with E-state index in [0.717, 1.165) is 148 Å². The fourth-order valence-corrected chi connectivity index (χ4v) is 17.2. The molecule has 440 valence electrons. The number of hydrogen-bond acceptors (Lipinski definition) is 11. The van der Waals surface area contributed by atoms with Crippen molar-refractivity contribution < 1.29 is 29.3 Å². The van der Waals surface area contributed by atoms with Crippen LogP contribution in [0.5, 0.6) is 5.75 Å². The molecule has 5 heterocycles. The normalized spacial score (nSPS) is 29.8. The maximum atomic E-state index is 15.3. The molecule has 14 bridgehead atoms. The molecular weight excluding hydrogens is 1030 g/mol. The number of nitrogens with one attached hydrogen (secondary N) is 5. The van der Waals surface area contributed by atoms with Gasteiger partial charge >= 0.3 is 11.9 Å². The average Bonchev–Trinajstić information content (AvgIpc) is 1.84. The molecule has 2 saturated heterocycles. The summed E-state index contributed by atoms with van der Waals surface area (Å²) in [5.74, 6) is 2.17. The van der Waals surface area contributed by atoms with E-state index in [1.54, 1.807) is 6.07 Å². The molecule has 7 N–H and O–H groups in total. The van der Waals surface area contributed by atoms with Crippen LogP contribution in [-0.2, 0) is 45.0 Å². The Kier molecular flexibility index (Phi) is 17.2. The topological polar surface area (TPSA) is 153 Å². The lowest BCUT2D eigenvalue weighted by Crippen LogP contribution is -2.52. The number of fused-ring (bicyclic) bond motifs is 5. The summed E-state index contributed by atoms with van der Waals surface area (Å²) in [5, 5.41) is 41.4. The largest absolute Gasteiger partial charge is 0.508 e. The zero-order valence-corrected chi connectivity index (χ0v) is 50.0. The third kappa shape index (κ3) is 11.5. The highest BCUT2D eigenvalue weighted by Gasteiger charge is 2.68. The van der Waals surface area contributed by atoms with Gasteiger partial charge in [-0.1, -0.05) is 93.6 Å². The lowest BCUT2D eigenvalue weighted by Gasteiger charge is -2.56. The van der Waals surface area contributed by atoms with Crippen molar-refractivity contribution in [1.29, 1.82) is 0 Å². The lowest BCUT2D eigenvalue weighted by molar-refractivity contribution is -0.135. The second kappa shape index (κ2) is 24.7. The molecule has 4 aromatic carbocycles. The minimum atomic E-state index is -0.893. The molecule has 2 saturated carbocycles. The number of esters is 2. The van der Waals surface area contributed by atoms with Gasteiger partial charge in [-0.25, -0.2) is 9.59 Å². The number of aliphatic hydroxyl groups is 1. The quantitative estimate of drug-likeness (QED) is 0.0450. The number of aliphatic hydroxyl groups excluding tert-OH is 1. The van der Waals surface area contributed by atoms with Crippen LogP contribution in [0.2, 0.25) is 0 Å². The Hall–Kier alpha value is -5.66. The molecule has 83 heavy (non-hydrogen) atoms. The van der Waals surface area contributed by atoms with Crippen LogP contribution in [0.3, 0.4) is 0 Å². The summed E-state index contributed by atoms with van der Waals surface area (Å²) in [4.78, 5) is 30.7. The first-order valence-corrected chi connectivity index (χ1v) is 32.0. The molecule has 5 aliphatic heterocycles. The first-order chi connectivity index (χ1) is 40.3. The molecule has 11 unspecified atom stereocenters. The van der Waals surface area contributed by atoms with Crippen LogP contribution >= 0.6 is 0 Å². The first-order valence-electron chi connectivity index (χ1n) is 32.0. The molecule has 11 nitrogen and oxygen atoms in total. The number of ether oxygens (including phenoxy) is 2. The molecule has 10 aliphatic rings. The smallest absolute Gasteiger partial charge is 0.340 e. The minimum Gasteiger partial charge on any atom is -0.508 e. The number of rotatable bonds is 15. The SMILES string of the molecule is CCC(C=C1OC(=O)C2=C3c4cc(O)ccc4-c4cccc(c4)CNCCc4cc(CNC)cc(c4)C(NCC(C)O)C4CCC(C5CCNC(NCCCC(C)C)C5)(CC=C5OC(=O)C6=C5CCC5C3CCC12C65)C4)Cc1ccccc1. The van der Waals surface area contributed by atoms with E-state index in [4.69, 9.17) is 9.47 Å². The third-order valence-corrected chi connectivity index (χ3v) is 21.0. The van der Waals surface area contributed by atoms with E-state index in [9.17, 15) is 10.2 Å². The Bertz CT molecular complexity index is 3180. The molecule has 11 atom stereocenters. The molecule has 11 heteroatoms. The Balaban J connectivity index is 1.01. The molecule has 4 aromatic rings. The number of carbonyl (C=O) groups excluding carboxylic acids is 2. The van der Waals surface area contributed by atoms with Crippen molar-refractivity contribution in [3.05, 3.63) is 165 Å². The van der Waals surface area contributed by atoms with Crippen LogP contribution in [0.4, 0.5) is 0 Å². The summed E-state index contributed by atoms with van der Waals surface area (Å²) in [6.45, 7) is 13.4. The first kappa shape index (κ1) is 57.8. The summed E-state index contributed by atoms with van der Waals surface area (Å²) in [6.07, 6.45) is 18.3. The van der Waals surface area contributed by atoms with Gasteiger partial charge in [0, 0.05) is 42.7 Å². The molecule has 5 aliphatic carbocycles. The second-order valence-corrected chi connectivity index (χ2v) is 26.7. The molecule has 4 fully saturated rings. The van der Waals surface area contributed by atoms with Gasteiger partial charge in [0.25, 0.3) is 0 Å². The number of piperidine rings is 1. The van der Waals surface area contributed by atoms with E-state index in [2.05, 4.69) is 132 Å². The van der Waals surface area contributed by atoms with E-state index >= 15 is 9.59 Å². The molecule has 1 spiro atoms. The van der Waals surface area contributed by atoms with E-state index in [-0.39, 0.29) is 59.0 Å².